The van der Waals surface area contributed by atoms with E-state index in [1.54, 1.807) is 12.1 Å². The highest BCUT2D eigenvalue weighted by Gasteiger charge is 2.17. The van der Waals surface area contributed by atoms with Crippen LogP contribution in [-0.2, 0) is 21.4 Å². The fraction of sp³-hybridized carbons (Fsp3) is 0.250. The molecule has 0 spiro atoms. The molecule has 0 atom stereocenters. The third-order valence-corrected chi connectivity index (χ3v) is 4.85. The molecule has 0 saturated carbocycles. The van der Waals surface area contributed by atoms with Crippen LogP contribution in [0.5, 0.6) is 0 Å². The summed E-state index contributed by atoms with van der Waals surface area (Å²) in [7, 11) is -2.25. The lowest BCUT2D eigenvalue weighted by molar-refractivity contribution is -0.137. The smallest absolute Gasteiger partial charge is 0.305 e. The van der Waals surface area contributed by atoms with Crippen LogP contribution in [0.25, 0.3) is 0 Å². The first kappa shape index (κ1) is 18.7. The molecule has 25 heavy (non-hydrogen) atoms. The first-order valence-corrected chi connectivity index (χ1v) is 8.87. The van der Waals surface area contributed by atoms with Crippen molar-refractivity contribution >= 4 is 21.9 Å². The Balaban J connectivity index is 2.02. The van der Waals surface area contributed by atoms with E-state index in [-0.39, 0.29) is 35.9 Å². The number of carbonyl (C=O) groups is 2. The van der Waals surface area contributed by atoms with Crippen LogP contribution in [0.4, 0.5) is 0 Å². The number of aliphatic carboxylic acids is 1. The van der Waals surface area contributed by atoms with E-state index in [1.165, 1.54) is 42.5 Å². The highest BCUT2D eigenvalue weighted by Crippen LogP contribution is 2.13. The second kappa shape index (κ2) is 7.95. The number of furan rings is 1. The molecular weight excluding hydrogens is 348 g/mol. The molecule has 1 aromatic heterocycles. The minimum atomic E-state index is -3.73. The molecule has 0 aliphatic heterocycles. The molecule has 0 aliphatic rings. The molecule has 2 N–H and O–H groups in total. The number of nitrogens with one attached hydrogen (secondary N) is 1. The van der Waals surface area contributed by atoms with Crippen LogP contribution < -0.4 is 4.72 Å². The van der Waals surface area contributed by atoms with Crippen molar-refractivity contribution in [1.29, 1.82) is 0 Å². The predicted octanol–water partition coefficient (Wildman–Crippen LogP) is 1.30. The highest BCUT2D eigenvalue weighted by molar-refractivity contribution is 7.89. The van der Waals surface area contributed by atoms with Crippen LogP contribution in [0.3, 0.4) is 0 Å². The lowest BCUT2D eigenvalue weighted by atomic mass is 10.2. The maximum atomic E-state index is 12.2. The summed E-state index contributed by atoms with van der Waals surface area (Å²) in [4.78, 5) is 24.0. The third-order valence-electron chi connectivity index (χ3n) is 3.44. The van der Waals surface area contributed by atoms with E-state index in [4.69, 9.17) is 9.52 Å². The fourth-order valence-corrected chi connectivity index (χ4v) is 3.02. The maximum absolute atomic E-state index is 12.2. The number of carboxylic acid groups (broad SMARTS) is 1. The molecule has 9 heteroatoms. The molecule has 0 unspecified atom stereocenters. The Morgan fingerprint density at radius 3 is 2.44 bits per heavy atom. The number of hydrogen-bond donors (Lipinski definition) is 2. The van der Waals surface area contributed by atoms with E-state index in [0.29, 0.717) is 5.76 Å². The molecule has 8 nitrogen and oxygen atoms in total. The molecule has 2 aromatic rings. The minimum Gasteiger partial charge on any atom is -0.481 e. The summed E-state index contributed by atoms with van der Waals surface area (Å²) < 4.78 is 31.9. The molecular formula is C16H18N2O6S. The number of benzene rings is 1. The second-order valence-electron chi connectivity index (χ2n) is 5.30. The minimum absolute atomic E-state index is 0.0174. The van der Waals surface area contributed by atoms with Gasteiger partial charge < -0.3 is 14.4 Å². The largest absolute Gasteiger partial charge is 0.481 e. The quantitative estimate of drug-likeness (QED) is 0.727. The van der Waals surface area contributed by atoms with Crippen molar-refractivity contribution in [3.63, 3.8) is 0 Å². The first-order chi connectivity index (χ1) is 11.8. The zero-order valence-electron chi connectivity index (χ0n) is 13.5. The Morgan fingerprint density at radius 2 is 1.88 bits per heavy atom. The van der Waals surface area contributed by atoms with Crippen molar-refractivity contribution in [3.8, 4) is 0 Å². The van der Waals surface area contributed by atoms with E-state index >= 15 is 0 Å². The molecule has 1 amide bonds. The average Bonchev–Trinajstić information content (AvgIpc) is 3.11. The van der Waals surface area contributed by atoms with E-state index in [2.05, 4.69) is 4.72 Å². The van der Waals surface area contributed by atoms with Crippen molar-refractivity contribution in [2.75, 3.05) is 13.6 Å². The van der Waals surface area contributed by atoms with Gasteiger partial charge >= 0.3 is 5.97 Å². The Morgan fingerprint density at radius 1 is 1.20 bits per heavy atom. The van der Waals surface area contributed by atoms with Crippen molar-refractivity contribution in [2.45, 2.75) is 17.9 Å². The molecule has 0 radical (unpaired) electrons. The molecule has 1 aromatic carbocycles. The summed E-state index contributed by atoms with van der Waals surface area (Å²) in [6, 6.07) is 8.73. The summed E-state index contributed by atoms with van der Waals surface area (Å²) in [5, 5.41) is 8.64. The summed E-state index contributed by atoms with van der Waals surface area (Å²) >= 11 is 0. The van der Waals surface area contributed by atoms with Gasteiger partial charge in [0, 0.05) is 19.2 Å². The number of carbonyl (C=O) groups excluding carboxylic acids is 1. The van der Waals surface area contributed by atoms with Gasteiger partial charge in [-0.3, -0.25) is 9.59 Å². The van der Waals surface area contributed by atoms with Gasteiger partial charge in [0.15, 0.2) is 0 Å². The van der Waals surface area contributed by atoms with Gasteiger partial charge in [0.25, 0.3) is 5.91 Å². The van der Waals surface area contributed by atoms with Gasteiger partial charge in [-0.2, -0.15) is 0 Å². The summed E-state index contributed by atoms with van der Waals surface area (Å²) in [5.41, 5.74) is 0.276. The van der Waals surface area contributed by atoms with Gasteiger partial charge in [0.05, 0.1) is 24.1 Å². The van der Waals surface area contributed by atoms with E-state index in [0.717, 1.165) is 0 Å². The summed E-state index contributed by atoms with van der Waals surface area (Å²) in [6.07, 6.45) is 1.29. The molecule has 0 fully saturated rings. The van der Waals surface area contributed by atoms with Crippen LogP contribution in [-0.4, -0.2) is 43.9 Å². The standard InChI is InChI=1S/C16H18N2O6S/c1-18(9-8-15(19)20)16(21)12-4-6-14(7-5-12)25(22,23)17-11-13-3-2-10-24-13/h2-7,10,17H,8-9,11H2,1H3,(H,19,20). The second-order valence-corrected chi connectivity index (χ2v) is 7.07. The highest BCUT2D eigenvalue weighted by atomic mass is 32.2. The average molecular weight is 366 g/mol. The maximum Gasteiger partial charge on any atom is 0.305 e. The van der Waals surface area contributed by atoms with Gasteiger partial charge in [0.1, 0.15) is 5.76 Å². The number of nitrogens with zero attached hydrogens (tertiary/aromatic N) is 1. The van der Waals surface area contributed by atoms with E-state index < -0.39 is 16.0 Å². The van der Waals surface area contributed by atoms with Gasteiger partial charge in [-0.15, -0.1) is 0 Å². The fourth-order valence-electron chi connectivity index (χ4n) is 2.02. The molecule has 134 valence electrons. The van der Waals surface area contributed by atoms with Crippen LogP contribution in [0, 0.1) is 0 Å². The van der Waals surface area contributed by atoms with E-state index in [9.17, 15) is 18.0 Å². The van der Waals surface area contributed by atoms with Gasteiger partial charge in [-0.25, -0.2) is 13.1 Å². The van der Waals surface area contributed by atoms with Crippen molar-refractivity contribution in [1.82, 2.24) is 9.62 Å². The van der Waals surface area contributed by atoms with Gasteiger partial charge in [0.2, 0.25) is 10.0 Å². The normalized spacial score (nSPS) is 11.2. The molecule has 0 aliphatic carbocycles. The van der Waals surface area contributed by atoms with Crippen LogP contribution in [0.1, 0.15) is 22.5 Å². The molecule has 0 bridgehead atoms. The monoisotopic (exact) mass is 366 g/mol. The Bertz CT molecular complexity index is 828. The number of carboxylic acids is 1. The van der Waals surface area contributed by atoms with Crippen molar-refractivity contribution in [3.05, 3.63) is 54.0 Å². The third kappa shape index (κ3) is 5.16. The molecule has 1 heterocycles. The van der Waals surface area contributed by atoms with E-state index in [1.807, 2.05) is 0 Å². The number of sulfonamides is 1. The molecule has 0 saturated heterocycles. The summed E-state index contributed by atoms with van der Waals surface area (Å²) in [5.74, 6) is -0.895. The Kier molecular flexibility index (Phi) is 5.94. The van der Waals surface area contributed by atoms with Crippen LogP contribution >= 0.6 is 0 Å². The van der Waals surface area contributed by atoms with Crippen LogP contribution in [0.15, 0.2) is 52.0 Å². The zero-order chi connectivity index (χ0) is 18.4. The van der Waals surface area contributed by atoms with Crippen molar-refractivity contribution < 1.29 is 27.5 Å². The topological polar surface area (TPSA) is 117 Å². The van der Waals surface area contributed by atoms with Crippen molar-refractivity contribution in [2.24, 2.45) is 0 Å². The number of hydrogen-bond acceptors (Lipinski definition) is 5. The lowest BCUT2D eigenvalue weighted by Gasteiger charge is -2.16. The predicted molar refractivity (Wildman–Crippen MR) is 88.4 cm³/mol. The van der Waals surface area contributed by atoms with Gasteiger partial charge in [-0.1, -0.05) is 0 Å². The number of rotatable bonds is 8. The lowest BCUT2D eigenvalue weighted by Crippen LogP contribution is -2.29. The molecule has 2 rings (SSSR count). The Labute approximate surface area is 145 Å². The van der Waals surface area contributed by atoms with Gasteiger partial charge in [-0.05, 0) is 36.4 Å². The van der Waals surface area contributed by atoms with Crippen LogP contribution in [0.2, 0.25) is 0 Å². The number of amides is 1. The first-order valence-electron chi connectivity index (χ1n) is 7.39. The summed E-state index contributed by atoms with van der Waals surface area (Å²) in [6.45, 7) is 0.0901. The Hall–Kier alpha value is -2.65. The SMILES string of the molecule is CN(CCC(=O)O)C(=O)c1ccc(S(=O)(=O)NCc2ccco2)cc1. The zero-order valence-corrected chi connectivity index (χ0v) is 14.3.